The lowest BCUT2D eigenvalue weighted by Crippen LogP contribution is -2.06. The van der Waals surface area contributed by atoms with Gasteiger partial charge in [0.25, 0.3) is 5.70 Å². The van der Waals surface area contributed by atoms with Gasteiger partial charge < -0.3 is 0 Å². The molecule has 0 aromatic heterocycles. The fourth-order valence-corrected chi connectivity index (χ4v) is 3.75. The third kappa shape index (κ3) is 2.44. The molecule has 0 unspecified atom stereocenters. The van der Waals surface area contributed by atoms with E-state index in [4.69, 9.17) is 0 Å². The molecule has 1 heterocycles. The Labute approximate surface area is 111 Å². The van der Waals surface area contributed by atoms with Crippen molar-refractivity contribution >= 4 is 15.9 Å². The minimum atomic E-state index is -3.60. The van der Waals surface area contributed by atoms with E-state index < -0.39 is 20.5 Å². The smallest absolute Gasteiger partial charge is 0.259 e. The molecule has 1 aliphatic heterocycles. The Morgan fingerprint density at radius 2 is 1.89 bits per heavy atom. The number of nitro groups is 1. The molecule has 0 N–H and O–H groups in total. The SMILES string of the molecule is CC1=C([N+](=O)[O-])CS(=O)(=O)C1=Cc1ccccc1C. The van der Waals surface area contributed by atoms with E-state index in [0.29, 0.717) is 0 Å². The van der Waals surface area contributed by atoms with Gasteiger partial charge in [-0.15, -0.1) is 0 Å². The van der Waals surface area contributed by atoms with Crippen molar-refractivity contribution in [3.05, 3.63) is 61.7 Å². The van der Waals surface area contributed by atoms with Gasteiger partial charge in [0.15, 0.2) is 9.84 Å². The molecule has 0 aliphatic carbocycles. The second kappa shape index (κ2) is 4.62. The molecule has 1 aromatic carbocycles. The lowest BCUT2D eigenvalue weighted by molar-refractivity contribution is -0.424. The number of rotatable bonds is 2. The van der Waals surface area contributed by atoms with Gasteiger partial charge in [0, 0.05) is 5.57 Å². The van der Waals surface area contributed by atoms with Crippen molar-refractivity contribution in [3.63, 3.8) is 0 Å². The maximum Gasteiger partial charge on any atom is 0.265 e. The third-order valence-corrected chi connectivity index (χ3v) is 4.91. The molecule has 6 heteroatoms. The molecular weight excluding hydrogens is 266 g/mol. The normalized spacial score (nSPS) is 20.0. The summed E-state index contributed by atoms with van der Waals surface area (Å²) in [6, 6.07) is 7.30. The molecule has 0 bridgehead atoms. The Kier molecular flexibility index (Phi) is 3.28. The highest BCUT2D eigenvalue weighted by Crippen LogP contribution is 2.32. The van der Waals surface area contributed by atoms with Crippen LogP contribution < -0.4 is 0 Å². The van der Waals surface area contributed by atoms with Crippen molar-refractivity contribution in [1.29, 1.82) is 0 Å². The van der Waals surface area contributed by atoms with Crippen LogP contribution in [0.15, 0.2) is 40.4 Å². The first-order valence-electron chi connectivity index (χ1n) is 5.67. The molecule has 0 amide bonds. The largest absolute Gasteiger partial charge is 0.265 e. The molecule has 0 radical (unpaired) electrons. The van der Waals surface area contributed by atoms with Crippen LogP contribution in [0, 0.1) is 17.0 Å². The van der Waals surface area contributed by atoms with Gasteiger partial charge >= 0.3 is 0 Å². The van der Waals surface area contributed by atoms with Crippen LogP contribution in [-0.2, 0) is 9.84 Å². The Balaban J connectivity index is 2.61. The quantitative estimate of drug-likeness (QED) is 0.615. The molecule has 0 saturated heterocycles. The lowest BCUT2D eigenvalue weighted by Gasteiger charge is -2.02. The van der Waals surface area contributed by atoms with Gasteiger partial charge in [0.1, 0.15) is 5.75 Å². The molecule has 19 heavy (non-hydrogen) atoms. The van der Waals surface area contributed by atoms with Gasteiger partial charge in [-0.3, -0.25) is 10.1 Å². The van der Waals surface area contributed by atoms with E-state index in [1.54, 1.807) is 12.1 Å². The lowest BCUT2D eigenvalue weighted by atomic mass is 10.1. The minimum Gasteiger partial charge on any atom is -0.259 e. The zero-order chi connectivity index (χ0) is 14.2. The molecule has 1 aromatic rings. The number of sulfone groups is 1. The zero-order valence-electron chi connectivity index (χ0n) is 10.6. The van der Waals surface area contributed by atoms with Gasteiger partial charge in [-0.05, 0) is 31.1 Å². The molecule has 0 spiro atoms. The number of benzene rings is 1. The van der Waals surface area contributed by atoms with Crippen molar-refractivity contribution < 1.29 is 13.3 Å². The first-order chi connectivity index (χ1) is 8.83. The van der Waals surface area contributed by atoms with Crippen LogP contribution >= 0.6 is 0 Å². The first-order valence-corrected chi connectivity index (χ1v) is 7.33. The fourth-order valence-electron chi connectivity index (χ4n) is 2.02. The average molecular weight is 279 g/mol. The maximum absolute atomic E-state index is 12.0. The van der Waals surface area contributed by atoms with Crippen LogP contribution in [0.3, 0.4) is 0 Å². The van der Waals surface area contributed by atoms with E-state index in [1.165, 1.54) is 13.0 Å². The van der Waals surface area contributed by atoms with Crippen LogP contribution in [0.25, 0.3) is 6.08 Å². The summed E-state index contributed by atoms with van der Waals surface area (Å²) >= 11 is 0. The van der Waals surface area contributed by atoms with Gasteiger partial charge in [0.05, 0.1) is 9.83 Å². The van der Waals surface area contributed by atoms with Gasteiger partial charge in [-0.2, -0.15) is 0 Å². The second-order valence-electron chi connectivity index (χ2n) is 4.45. The Morgan fingerprint density at radius 3 is 2.42 bits per heavy atom. The number of hydrogen-bond acceptors (Lipinski definition) is 4. The van der Waals surface area contributed by atoms with Gasteiger partial charge in [0.2, 0.25) is 0 Å². The summed E-state index contributed by atoms with van der Waals surface area (Å²) in [6.45, 7) is 3.34. The molecule has 100 valence electrons. The highest BCUT2D eigenvalue weighted by molar-refractivity contribution is 7.96. The predicted octanol–water partition coefficient (Wildman–Crippen LogP) is 2.32. The van der Waals surface area contributed by atoms with Crippen molar-refractivity contribution in [2.45, 2.75) is 13.8 Å². The summed E-state index contributed by atoms with van der Waals surface area (Å²) in [5, 5.41) is 10.8. The van der Waals surface area contributed by atoms with Crippen molar-refractivity contribution in [2.75, 3.05) is 5.75 Å². The monoisotopic (exact) mass is 279 g/mol. The van der Waals surface area contributed by atoms with E-state index in [0.717, 1.165) is 11.1 Å². The van der Waals surface area contributed by atoms with E-state index in [1.807, 2.05) is 19.1 Å². The first kappa shape index (κ1) is 13.5. The maximum atomic E-state index is 12.0. The fraction of sp³-hybridized carbons (Fsp3) is 0.231. The third-order valence-electron chi connectivity index (χ3n) is 3.16. The Hall–Kier alpha value is -1.95. The van der Waals surface area contributed by atoms with Crippen molar-refractivity contribution in [3.8, 4) is 0 Å². The number of allylic oxidation sites excluding steroid dienone is 1. The van der Waals surface area contributed by atoms with Crippen molar-refractivity contribution in [2.24, 2.45) is 0 Å². The summed E-state index contributed by atoms with van der Waals surface area (Å²) in [5.74, 6) is -0.524. The van der Waals surface area contributed by atoms with E-state index in [-0.39, 0.29) is 16.2 Å². The molecule has 0 atom stereocenters. The van der Waals surface area contributed by atoms with Crippen LogP contribution in [0.1, 0.15) is 18.1 Å². The van der Waals surface area contributed by atoms with Gasteiger partial charge in [-0.25, -0.2) is 8.42 Å². The van der Waals surface area contributed by atoms with E-state index in [2.05, 4.69) is 0 Å². The highest BCUT2D eigenvalue weighted by atomic mass is 32.2. The molecule has 5 nitrogen and oxygen atoms in total. The van der Waals surface area contributed by atoms with Crippen molar-refractivity contribution in [1.82, 2.24) is 0 Å². The summed E-state index contributed by atoms with van der Waals surface area (Å²) in [6.07, 6.45) is 1.51. The highest BCUT2D eigenvalue weighted by Gasteiger charge is 2.38. The number of hydrogen-bond donors (Lipinski definition) is 0. The standard InChI is InChI=1S/C13H13NO4S/c1-9-5-3-4-6-11(9)7-13-10(2)12(14(15)16)8-19(13,17)18/h3-7H,8H2,1-2H3. The van der Waals surface area contributed by atoms with Crippen LogP contribution in [0.4, 0.5) is 0 Å². The van der Waals surface area contributed by atoms with Gasteiger partial charge in [-0.1, -0.05) is 24.3 Å². The molecule has 2 rings (SSSR count). The summed E-state index contributed by atoms with van der Waals surface area (Å²) < 4.78 is 24.0. The molecular formula is C13H13NO4S. The Morgan fingerprint density at radius 1 is 1.26 bits per heavy atom. The zero-order valence-corrected chi connectivity index (χ0v) is 11.4. The summed E-state index contributed by atoms with van der Waals surface area (Å²) in [7, 11) is -3.60. The minimum absolute atomic E-state index is 0.0495. The van der Waals surface area contributed by atoms with E-state index in [9.17, 15) is 18.5 Å². The van der Waals surface area contributed by atoms with Crippen LogP contribution in [-0.4, -0.2) is 19.1 Å². The predicted molar refractivity (Wildman–Crippen MR) is 72.6 cm³/mol. The average Bonchev–Trinajstić information content (AvgIpc) is 2.55. The number of nitrogens with zero attached hydrogens (tertiary/aromatic N) is 1. The topological polar surface area (TPSA) is 77.3 Å². The summed E-state index contributed by atoms with van der Waals surface area (Å²) in [4.78, 5) is 10.3. The second-order valence-corrected chi connectivity index (χ2v) is 6.41. The van der Waals surface area contributed by atoms with E-state index >= 15 is 0 Å². The van der Waals surface area contributed by atoms with Crippen LogP contribution in [0.2, 0.25) is 0 Å². The molecule has 0 fully saturated rings. The Bertz CT molecular complexity index is 714. The summed E-state index contributed by atoms with van der Waals surface area (Å²) in [5.41, 5.74) is 1.67. The van der Waals surface area contributed by atoms with Crippen LogP contribution in [0.5, 0.6) is 0 Å². The number of aryl methyl sites for hydroxylation is 1. The molecule has 1 aliphatic rings. The molecule has 0 saturated carbocycles.